The Morgan fingerprint density at radius 1 is 1.00 bits per heavy atom. The Morgan fingerprint density at radius 2 is 1.79 bits per heavy atom. The zero-order chi connectivity index (χ0) is 29.7. The van der Waals surface area contributed by atoms with Crippen molar-refractivity contribution in [3.05, 3.63) is 100 Å². The Bertz CT molecular complexity index is 2060. The highest BCUT2D eigenvalue weighted by Crippen LogP contribution is 2.37. The Balaban J connectivity index is 1.21. The molecule has 9 heteroatoms. The summed E-state index contributed by atoms with van der Waals surface area (Å²) in [6, 6.07) is 18.1. The van der Waals surface area contributed by atoms with Crippen LogP contribution in [0.3, 0.4) is 0 Å². The first kappa shape index (κ1) is 27.0. The number of rotatable bonds is 6. The number of nitrogens with zero attached hydrogens (tertiary/aromatic N) is 5. The molecule has 7 rings (SSSR count). The first-order valence-electron chi connectivity index (χ1n) is 14.4. The second-order valence-corrected chi connectivity index (χ2v) is 11.3. The number of aliphatic hydroxyl groups excluding tert-OH is 1. The summed E-state index contributed by atoms with van der Waals surface area (Å²) in [5.41, 5.74) is 8.51. The summed E-state index contributed by atoms with van der Waals surface area (Å²) in [5.74, 6) is 1.12. The number of likely N-dealkylation sites (tertiary alicyclic amines) is 1. The number of aromatic nitrogens is 4. The predicted molar refractivity (Wildman–Crippen MR) is 168 cm³/mol. The van der Waals surface area contributed by atoms with Gasteiger partial charge < -0.3 is 19.4 Å². The number of nitrogens with one attached hydrogen (secondary N) is 1. The molecule has 1 saturated heterocycles. The van der Waals surface area contributed by atoms with Crippen molar-refractivity contribution < 1.29 is 9.52 Å². The molecule has 43 heavy (non-hydrogen) atoms. The van der Waals surface area contributed by atoms with E-state index in [1.807, 2.05) is 43.5 Å². The van der Waals surface area contributed by atoms with Crippen molar-refractivity contribution in [2.45, 2.75) is 32.9 Å². The molecule has 0 saturated carbocycles. The van der Waals surface area contributed by atoms with Crippen LogP contribution in [-0.2, 0) is 13.6 Å². The molecule has 4 aromatic heterocycles. The van der Waals surface area contributed by atoms with Gasteiger partial charge in [-0.15, -0.1) is 0 Å². The second-order valence-electron chi connectivity index (χ2n) is 11.3. The van der Waals surface area contributed by atoms with Crippen molar-refractivity contribution in [3.63, 3.8) is 0 Å². The maximum absolute atomic E-state index is 12.6. The van der Waals surface area contributed by atoms with Gasteiger partial charge in [-0.2, -0.15) is 0 Å². The molecule has 6 aromatic rings. The summed E-state index contributed by atoms with van der Waals surface area (Å²) in [5, 5.41) is 14.4. The van der Waals surface area contributed by atoms with Crippen LogP contribution >= 0.6 is 0 Å². The van der Waals surface area contributed by atoms with E-state index in [1.165, 1.54) is 4.57 Å². The van der Waals surface area contributed by atoms with Gasteiger partial charge in [0.15, 0.2) is 16.9 Å². The molecule has 0 aliphatic carbocycles. The van der Waals surface area contributed by atoms with Crippen molar-refractivity contribution in [1.29, 1.82) is 0 Å². The number of aryl methyl sites for hydroxylation is 1. The van der Waals surface area contributed by atoms with Gasteiger partial charge in [-0.1, -0.05) is 24.3 Å². The van der Waals surface area contributed by atoms with E-state index in [0.29, 0.717) is 29.4 Å². The number of benzene rings is 2. The fourth-order valence-corrected chi connectivity index (χ4v) is 5.97. The van der Waals surface area contributed by atoms with E-state index in [2.05, 4.69) is 45.3 Å². The van der Waals surface area contributed by atoms with Gasteiger partial charge in [-0.25, -0.2) is 9.97 Å². The molecule has 0 bridgehead atoms. The SMILES string of the molecule is Cc1c(Nc2nccc3cc(CN4CC[C@@H](O)C4)cnc23)cccc1-c1cccc(-c2nc3c(=O)n(C)ccc3o2)c1C. The summed E-state index contributed by atoms with van der Waals surface area (Å²) in [7, 11) is 1.70. The third-order valence-corrected chi connectivity index (χ3v) is 8.38. The first-order chi connectivity index (χ1) is 20.9. The number of aliphatic hydroxyl groups is 1. The van der Waals surface area contributed by atoms with Crippen molar-refractivity contribution in [2.24, 2.45) is 7.05 Å². The molecule has 0 radical (unpaired) electrons. The Kier molecular flexibility index (Phi) is 6.76. The molecule has 5 heterocycles. The number of pyridine rings is 3. The summed E-state index contributed by atoms with van der Waals surface area (Å²) in [4.78, 5) is 28.8. The standard InChI is InChI=1S/C34H32N6O3/c1-20-25(6-4-8-27(20)33-38-31-29(43-33)12-14-39(3)34(31)42)26-7-5-9-28(21(26)2)37-32-30-23(10-13-35-32)16-22(17-36-30)18-40-15-11-24(41)19-40/h4-10,12-14,16-17,24,41H,11,15,18-19H2,1-3H3,(H,35,37)/t24-/m1/s1. The topological polar surface area (TPSA) is 109 Å². The van der Waals surface area contributed by atoms with Crippen molar-refractivity contribution in [2.75, 3.05) is 18.4 Å². The van der Waals surface area contributed by atoms with E-state index in [-0.39, 0.29) is 11.7 Å². The third-order valence-electron chi connectivity index (χ3n) is 8.38. The number of anilines is 2. The van der Waals surface area contributed by atoms with E-state index >= 15 is 0 Å². The molecule has 2 N–H and O–H groups in total. The number of hydrogen-bond donors (Lipinski definition) is 2. The zero-order valence-corrected chi connectivity index (χ0v) is 24.3. The average Bonchev–Trinajstić information content (AvgIpc) is 3.62. The van der Waals surface area contributed by atoms with Crippen LogP contribution in [0.1, 0.15) is 23.1 Å². The van der Waals surface area contributed by atoms with Crippen LogP contribution in [0.15, 0.2) is 82.4 Å². The van der Waals surface area contributed by atoms with Crippen LogP contribution in [0.25, 0.3) is 44.6 Å². The highest BCUT2D eigenvalue weighted by Gasteiger charge is 2.21. The van der Waals surface area contributed by atoms with Gasteiger partial charge in [-0.3, -0.25) is 14.7 Å². The minimum Gasteiger partial charge on any atom is -0.436 e. The van der Waals surface area contributed by atoms with Crippen molar-refractivity contribution >= 4 is 33.5 Å². The van der Waals surface area contributed by atoms with Gasteiger partial charge in [0.1, 0.15) is 5.52 Å². The number of hydrogen-bond acceptors (Lipinski definition) is 8. The maximum atomic E-state index is 12.6. The van der Waals surface area contributed by atoms with Gasteiger partial charge in [0.2, 0.25) is 5.89 Å². The Hall–Kier alpha value is -4.86. The van der Waals surface area contributed by atoms with E-state index in [1.54, 1.807) is 25.5 Å². The van der Waals surface area contributed by atoms with Crippen LogP contribution < -0.4 is 10.9 Å². The summed E-state index contributed by atoms with van der Waals surface area (Å²) in [6.07, 6.45) is 5.97. The van der Waals surface area contributed by atoms with Gasteiger partial charge in [-0.05, 0) is 78.4 Å². The number of β-amino-alcohol motifs (C(OH)–C–C–N with tert-alkyl or cyclic N) is 1. The van der Waals surface area contributed by atoms with Crippen LogP contribution in [0.2, 0.25) is 0 Å². The molecule has 1 aliphatic heterocycles. The molecule has 1 aliphatic rings. The molecular weight excluding hydrogens is 540 g/mol. The van der Waals surface area contributed by atoms with Crippen molar-refractivity contribution in [1.82, 2.24) is 24.4 Å². The van der Waals surface area contributed by atoms with Gasteiger partial charge in [0, 0.05) is 61.9 Å². The number of fused-ring (bicyclic) bond motifs is 2. The van der Waals surface area contributed by atoms with Crippen LogP contribution in [0.5, 0.6) is 0 Å². The molecule has 0 amide bonds. The monoisotopic (exact) mass is 572 g/mol. The molecule has 0 unspecified atom stereocenters. The molecular formula is C34H32N6O3. The quantitative estimate of drug-likeness (QED) is 0.260. The van der Waals surface area contributed by atoms with Gasteiger partial charge in [0.05, 0.1) is 6.10 Å². The minimum atomic E-state index is -0.240. The summed E-state index contributed by atoms with van der Waals surface area (Å²) >= 11 is 0. The van der Waals surface area contributed by atoms with E-state index < -0.39 is 0 Å². The maximum Gasteiger partial charge on any atom is 0.280 e. The minimum absolute atomic E-state index is 0.185. The van der Waals surface area contributed by atoms with E-state index in [9.17, 15) is 9.90 Å². The lowest BCUT2D eigenvalue weighted by molar-refractivity contribution is 0.175. The fourth-order valence-electron chi connectivity index (χ4n) is 5.97. The molecule has 2 aromatic carbocycles. The van der Waals surface area contributed by atoms with Crippen LogP contribution in [-0.4, -0.2) is 48.7 Å². The van der Waals surface area contributed by atoms with E-state index in [0.717, 1.165) is 69.5 Å². The lowest BCUT2D eigenvalue weighted by atomic mass is 9.93. The average molecular weight is 573 g/mol. The summed E-state index contributed by atoms with van der Waals surface area (Å²) < 4.78 is 7.52. The smallest absolute Gasteiger partial charge is 0.280 e. The lowest BCUT2D eigenvalue weighted by Gasteiger charge is -2.17. The summed E-state index contributed by atoms with van der Waals surface area (Å²) in [6.45, 7) is 6.51. The molecule has 0 spiro atoms. The third kappa shape index (κ3) is 4.96. The molecule has 216 valence electrons. The van der Waals surface area contributed by atoms with E-state index in [4.69, 9.17) is 9.40 Å². The number of oxazole rings is 1. The van der Waals surface area contributed by atoms with Crippen LogP contribution in [0.4, 0.5) is 11.5 Å². The Morgan fingerprint density at radius 3 is 2.60 bits per heavy atom. The zero-order valence-electron chi connectivity index (χ0n) is 24.3. The molecule has 1 fully saturated rings. The Labute approximate surface area is 248 Å². The second kappa shape index (κ2) is 10.8. The largest absolute Gasteiger partial charge is 0.436 e. The fraction of sp³-hybridized carbons (Fsp3) is 0.235. The molecule has 1 atom stereocenters. The normalized spacial score (nSPS) is 15.5. The van der Waals surface area contributed by atoms with Gasteiger partial charge >= 0.3 is 0 Å². The first-order valence-corrected chi connectivity index (χ1v) is 14.4. The lowest BCUT2D eigenvalue weighted by Crippen LogP contribution is -2.21. The molecule has 9 nitrogen and oxygen atoms in total. The highest BCUT2D eigenvalue weighted by molar-refractivity contribution is 5.91. The highest BCUT2D eigenvalue weighted by atomic mass is 16.3. The van der Waals surface area contributed by atoms with Gasteiger partial charge in [0.25, 0.3) is 5.56 Å². The predicted octanol–water partition coefficient (Wildman–Crippen LogP) is 5.73. The van der Waals surface area contributed by atoms with Crippen LogP contribution in [0, 0.1) is 13.8 Å². The van der Waals surface area contributed by atoms with Crippen molar-refractivity contribution in [3.8, 4) is 22.6 Å².